The van der Waals surface area contributed by atoms with Crippen LogP contribution in [0.4, 0.5) is 0 Å². The molecule has 0 fully saturated rings. The maximum absolute atomic E-state index is 11.4. The summed E-state index contributed by atoms with van der Waals surface area (Å²) in [6, 6.07) is 3.91. The Balaban J connectivity index is 2.48. The van der Waals surface area contributed by atoms with Crippen molar-refractivity contribution in [2.24, 2.45) is 0 Å². The highest BCUT2D eigenvalue weighted by Crippen LogP contribution is 2.55. The summed E-state index contributed by atoms with van der Waals surface area (Å²) in [5, 5.41) is 11.4. The largest absolute Gasteiger partial charge is 0.507 e. The standard InChI is InChI=1S/C24H32O6/c1-7-9-15-13-17(30-8-2)20-16(26-3)11-10-14-12-18(27-4)23(28-5)24(29-6)19(14)21(20)22(15)25/h12-13,16,25H,7-11H2,1-6H3/t16-/m1/s1. The molecule has 2 aromatic carbocycles. The molecule has 1 atom stereocenters. The lowest BCUT2D eigenvalue weighted by Gasteiger charge is -2.24. The van der Waals surface area contributed by atoms with Gasteiger partial charge in [-0.1, -0.05) is 13.3 Å². The molecule has 0 saturated carbocycles. The van der Waals surface area contributed by atoms with Crippen LogP contribution in [0.3, 0.4) is 0 Å². The summed E-state index contributed by atoms with van der Waals surface area (Å²) in [4.78, 5) is 0. The van der Waals surface area contributed by atoms with E-state index in [0.29, 0.717) is 29.4 Å². The Morgan fingerprint density at radius 2 is 1.67 bits per heavy atom. The van der Waals surface area contributed by atoms with Crippen LogP contribution in [0.15, 0.2) is 12.1 Å². The molecule has 6 nitrogen and oxygen atoms in total. The van der Waals surface area contributed by atoms with Gasteiger partial charge in [-0.05, 0) is 49.4 Å². The molecule has 0 radical (unpaired) electrons. The molecule has 1 aliphatic rings. The minimum atomic E-state index is -0.225. The molecule has 0 bridgehead atoms. The third-order valence-electron chi connectivity index (χ3n) is 5.64. The summed E-state index contributed by atoms with van der Waals surface area (Å²) in [6.45, 7) is 4.57. The summed E-state index contributed by atoms with van der Waals surface area (Å²) >= 11 is 0. The van der Waals surface area contributed by atoms with Gasteiger partial charge in [-0.3, -0.25) is 0 Å². The first-order valence-corrected chi connectivity index (χ1v) is 10.4. The Morgan fingerprint density at radius 1 is 0.933 bits per heavy atom. The van der Waals surface area contributed by atoms with Gasteiger partial charge in [0, 0.05) is 23.8 Å². The summed E-state index contributed by atoms with van der Waals surface area (Å²) in [7, 11) is 6.49. The first-order chi connectivity index (χ1) is 14.6. The number of ether oxygens (including phenoxy) is 5. The van der Waals surface area contributed by atoms with Crippen LogP contribution < -0.4 is 18.9 Å². The third-order valence-corrected chi connectivity index (χ3v) is 5.64. The molecule has 1 N–H and O–H groups in total. The average Bonchev–Trinajstić information content (AvgIpc) is 2.92. The number of benzene rings is 2. The Bertz CT molecular complexity index is 906. The molecule has 164 valence electrons. The molecule has 0 unspecified atom stereocenters. The molecular formula is C24H32O6. The SMILES string of the molecule is CCCc1cc(OCC)c2c(c1O)-c1c(cc(OC)c(OC)c1OC)CC[C@H]2OC. The first kappa shape index (κ1) is 22.1. The number of hydrogen-bond donors (Lipinski definition) is 1. The van der Waals surface area contributed by atoms with E-state index in [1.54, 1.807) is 28.4 Å². The van der Waals surface area contributed by atoms with Gasteiger partial charge in [-0.2, -0.15) is 0 Å². The zero-order valence-electron chi connectivity index (χ0n) is 18.8. The normalized spacial score (nSPS) is 15.1. The van der Waals surface area contributed by atoms with Gasteiger partial charge in [0.15, 0.2) is 11.5 Å². The summed E-state index contributed by atoms with van der Waals surface area (Å²) in [6.07, 6.45) is 2.88. The van der Waals surface area contributed by atoms with Crippen LogP contribution in [-0.2, 0) is 17.6 Å². The highest BCUT2D eigenvalue weighted by molar-refractivity contribution is 5.88. The predicted molar refractivity (Wildman–Crippen MR) is 116 cm³/mol. The predicted octanol–water partition coefficient (Wildman–Crippen LogP) is 5.07. The second-order valence-corrected chi connectivity index (χ2v) is 7.30. The number of aromatic hydroxyl groups is 1. The van der Waals surface area contributed by atoms with Gasteiger partial charge in [0.25, 0.3) is 0 Å². The maximum Gasteiger partial charge on any atom is 0.203 e. The van der Waals surface area contributed by atoms with Crippen molar-refractivity contribution in [2.75, 3.05) is 35.0 Å². The zero-order chi connectivity index (χ0) is 21.8. The topological polar surface area (TPSA) is 66.4 Å². The number of phenols is 1. The van der Waals surface area contributed by atoms with E-state index in [4.69, 9.17) is 23.7 Å². The highest BCUT2D eigenvalue weighted by Gasteiger charge is 2.34. The van der Waals surface area contributed by atoms with Crippen LogP contribution in [0.25, 0.3) is 11.1 Å². The van der Waals surface area contributed by atoms with Crippen molar-refractivity contribution < 1.29 is 28.8 Å². The van der Waals surface area contributed by atoms with Crippen molar-refractivity contribution in [3.63, 3.8) is 0 Å². The molecule has 6 heteroatoms. The number of aryl methyl sites for hydroxylation is 2. The Kier molecular flexibility index (Phi) is 6.98. The molecule has 0 heterocycles. The number of methoxy groups -OCH3 is 4. The third kappa shape index (κ3) is 3.65. The van der Waals surface area contributed by atoms with Crippen molar-refractivity contribution in [3.8, 4) is 39.9 Å². The second-order valence-electron chi connectivity index (χ2n) is 7.30. The van der Waals surface area contributed by atoms with Crippen molar-refractivity contribution in [1.82, 2.24) is 0 Å². The summed E-state index contributed by atoms with van der Waals surface area (Å²) in [5.41, 5.74) is 4.21. The fraction of sp³-hybridized carbons (Fsp3) is 0.500. The molecule has 0 spiro atoms. The molecule has 0 aromatic heterocycles. The van der Waals surface area contributed by atoms with Gasteiger partial charge < -0.3 is 28.8 Å². The van der Waals surface area contributed by atoms with Gasteiger partial charge in [0.1, 0.15) is 11.5 Å². The lowest BCUT2D eigenvalue weighted by Crippen LogP contribution is -2.08. The van der Waals surface area contributed by atoms with E-state index in [9.17, 15) is 5.11 Å². The van der Waals surface area contributed by atoms with Gasteiger partial charge in [-0.25, -0.2) is 0 Å². The molecule has 2 aromatic rings. The molecule has 0 saturated heterocycles. The smallest absolute Gasteiger partial charge is 0.203 e. The van der Waals surface area contributed by atoms with E-state index in [1.807, 2.05) is 19.1 Å². The molecule has 0 amide bonds. The monoisotopic (exact) mass is 416 g/mol. The van der Waals surface area contributed by atoms with Crippen LogP contribution in [0.2, 0.25) is 0 Å². The van der Waals surface area contributed by atoms with Crippen molar-refractivity contribution >= 4 is 0 Å². The van der Waals surface area contributed by atoms with Gasteiger partial charge >= 0.3 is 0 Å². The number of phenolic OH excluding ortho intramolecular Hbond substituents is 1. The van der Waals surface area contributed by atoms with Crippen molar-refractivity contribution in [1.29, 1.82) is 0 Å². The zero-order valence-corrected chi connectivity index (χ0v) is 18.8. The minimum Gasteiger partial charge on any atom is -0.507 e. The van der Waals surface area contributed by atoms with E-state index in [-0.39, 0.29) is 11.9 Å². The summed E-state index contributed by atoms with van der Waals surface area (Å²) < 4.78 is 28.9. The van der Waals surface area contributed by atoms with E-state index in [1.165, 1.54) is 0 Å². The van der Waals surface area contributed by atoms with E-state index in [0.717, 1.165) is 53.7 Å². The summed E-state index contributed by atoms with van der Waals surface area (Å²) in [5.74, 6) is 2.62. The van der Waals surface area contributed by atoms with Crippen molar-refractivity contribution in [2.45, 2.75) is 45.6 Å². The van der Waals surface area contributed by atoms with Crippen LogP contribution >= 0.6 is 0 Å². The lowest BCUT2D eigenvalue weighted by molar-refractivity contribution is 0.0939. The Morgan fingerprint density at radius 3 is 2.23 bits per heavy atom. The van der Waals surface area contributed by atoms with Crippen LogP contribution in [0.1, 0.15) is 49.5 Å². The minimum absolute atomic E-state index is 0.225. The Hall–Kier alpha value is -2.60. The Labute approximate surface area is 178 Å². The van der Waals surface area contributed by atoms with Crippen LogP contribution in [-0.4, -0.2) is 40.2 Å². The van der Waals surface area contributed by atoms with Gasteiger partial charge in [0.05, 0.1) is 34.0 Å². The van der Waals surface area contributed by atoms with Crippen molar-refractivity contribution in [3.05, 3.63) is 28.8 Å². The molecule has 0 aliphatic heterocycles. The van der Waals surface area contributed by atoms with Gasteiger partial charge in [0.2, 0.25) is 5.75 Å². The first-order valence-electron chi connectivity index (χ1n) is 10.4. The number of rotatable bonds is 8. The molecule has 3 rings (SSSR count). The fourth-order valence-corrected chi connectivity index (χ4v) is 4.37. The van der Waals surface area contributed by atoms with E-state index >= 15 is 0 Å². The second kappa shape index (κ2) is 9.47. The van der Waals surface area contributed by atoms with E-state index in [2.05, 4.69) is 6.92 Å². The lowest BCUT2D eigenvalue weighted by atomic mass is 9.89. The average molecular weight is 417 g/mol. The van der Waals surface area contributed by atoms with E-state index < -0.39 is 0 Å². The van der Waals surface area contributed by atoms with Gasteiger partial charge in [-0.15, -0.1) is 0 Å². The number of hydrogen-bond acceptors (Lipinski definition) is 6. The van der Waals surface area contributed by atoms with Crippen LogP contribution in [0.5, 0.6) is 28.7 Å². The maximum atomic E-state index is 11.4. The highest BCUT2D eigenvalue weighted by atomic mass is 16.5. The van der Waals surface area contributed by atoms with Crippen LogP contribution in [0, 0.1) is 0 Å². The fourth-order valence-electron chi connectivity index (χ4n) is 4.37. The molecular weight excluding hydrogens is 384 g/mol. The molecule has 1 aliphatic carbocycles. The molecule has 30 heavy (non-hydrogen) atoms. The quantitative estimate of drug-likeness (QED) is 0.648. The number of fused-ring (bicyclic) bond motifs is 3.